The van der Waals surface area contributed by atoms with Gasteiger partial charge in [-0.3, -0.25) is 4.79 Å². The number of para-hydroxylation sites is 1. The molecule has 154 valence electrons. The molecule has 3 rings (SSSR count). The van der Waals surface area contributed by atoms with E-state index in [0.29, 0.717) is 12.2 Å². The van der Waals surface area contributed by atoms with E-state index in [9.17, 15) is 9.59 Å². The molecule has 0 spiro atoms. The van der Waals surface area contributed by atoms with Crippen molar-refractivity contribution in [2.24, 2.45) is 0 Å². The van der Waals surface area contributed by atoms with Gasteiger partial charge in [-0.25, -0.2) is 4.79 Å². The summed E-state index contributed by atoms with van der Waals surface area (Å²) in [5, 5.41) is 2.96. The zero-order chi connectivity index (χ0) is 21.2. The van der Waals surface area contributed by atoms with Gasteiger partial charge >= 0.3 is 5.97 Å². The monoisotopic (exact) mass is 403 g/mol. The molecule has 1 N–H and O–H groups in total. The number of esters is 1. The molecule has 0 aromatic heterocycles. The van der Waals surface area contributed by atoms with E-state index in [1.807, 2.05) is 85.8 Å². The number of hydrogen-bond donors (Lipinski definition) is 1. The van der Waals surface area contributed by atoms with Gasteiger partial charge in [0.15, 0.2) is 13.2 Å². The summed E-state index contributed by atoms with van der Waals surface area (Å²) in [6, 6.07) is 26.8. The van der Waals surface area contributed by atoms with Gasteiger partial charge in [0.25, 0.3) is 5.91 Å². The van der Waals surface area contributed by atoms with E-state index < -0.39 is 5.97 Å². The summed E-state index contributed by atoms with van der Waals surface area (Å²) >= 11 is 0. The van der Waals surface area contributed by atoms with Crippen LogP contribution in [0, 0.1) is 6.92 Å². The summed E-state index contributed by atoms with van der Waals surface area (Å²) < 4.78 is 10.5. The summed E-state index contributed by atoms with van der Waals surface area (Å²) in [7, 11) is 0. The minimum atomic E-state index is -0.590. The number of amides is 1. The quantitative estimate of drug-likeness (QED) is 0.548. The fraction of sp³-hybridized carbons (Fsp3) is 0.200. The molecule has 0 bridgehead atoms. The van der Waals surface area contributed by atoms with Crippen molar-refractivity contribution in [2.75, 3.05) is 13.2 Å². The third-order valence-electron chi connectivity index (χ3n) is 4.62. The Bertz CT molecular complexity index is 957. The molecule has 0 radical (unpaired) electrons. The molecule has 3 aromatic rings. The summed E-state index contributed by atoms with van der Waals surface area (Å²) in [5.41, 5.74) is 3.02. The van der Waals surface area contributed by atoms with E-state index in [2.05, 4.69) is 5.32 Å². The molecule has 1 amide bonds. The van der Waals surface area contributed by atoms with Crippen molar-refractivity contribution in [2.45, 2.75) is 19.4 Å². The molecule has 0 saturated heterocycles. The lowest BCUT2D eigenvalue weighted by Crippen LogP contribution is -2.34. The van der Waals surface area contributed by atoms with Crippen LogP contribution in [-0.2, 0) is 20.7 Å². The van der Waals surface area contributed by atoms with Gasteiger partial charge in [0.2, 0.25) is 0 Å². The largest absolute Gasteiger partial charge is 0.482 e. The second kappa shape index (κ2) is 10.8. The first-order valence-electron chi connectivity index (χ1n) is 9.84. The highest BCUT2D eigenvalue weighted by molar-refractivity contribution is 5.81. The smallest absolute Gasteiger partial charge is 0.344 e. The van der Waals surface area contributed by atoms with Gasteiger partial charge in [-0.2, -0.15) is 0 Å². The minimum absolute atomic E-state index is 0.219. The van der Waals surface area contributed by atoms with Crippen molar-refractivity contribution in [1.29, 1.82) is 0 Å². The number of aryl methyl sites for hydroxylation is 1. The van der Waals surface area contributed by atoms with Crippen LogP contribution in [0.5, 0.6) is 5.75 Å². The summed E-state index contributed by atoms with van der Waals surface area (Å²) in [4.78, 5) is 24.4. The molecule has 0 aliphatic carbocycles. The van der Waals surface area contributed by atoms with E-state index >= 15 is 0 Å². The molecule has 0 unspecified atom stereocenters. The van der Waals surface area contributed by atoms with Crippen LogP contribution < -0.4 is 10.1 Å². The van der Waals surface area contributed by atoms with Gasteiger partial charge in [-0.05, 0) is 36.1 Å². The number of hydrogen-bond acceptors (Lipinski definition) is 4. The topological polar surface area (TPSA) is 64.6 Å². The molecule has 0 aliphatic rings. The molecule has 30 heavy (non-hydrogen) atoms. The predicted molar refractivity (Wildman–Crippen MR) is 115 cm³/mol. The summed E-state index contributed by atoms with van der Waals surface area (Å²) in [6.07, 6.45) is 0.640. The summed E-state index contributed by atoms with van der Waals surface area (Å²) in [5.74, 6) is -0.331. The minimum Gasteiger partial charge on any atom is -0.482 e. The van der Waals surface area contributed by atoms with Crippen molar-refractivity contribution in [3.05, 3.63) is 102 Å². The van der Waals surface area contributed by atoms with Crippen LogP contribution >= 0.6 is 0 Å². The second-order valence-electron chi connectivity index (χ2n) is 6.94. The first kappa shape index (κ1) is 21.1. The zero-order valence-corrected chi connectivity index (χ0v) is 16.9. The zero-order valence-electron chi connectivity index (χ0n) is 16.9. The lowest BCUT2D eigenvalue weighted by Gasteiger charge is -2.19. The molecular formula is C25H25NO4. The van der Waals surface area contributed by atoms with Gasteiger partial charge < -0.3 is 14.8 Å². The second-order valence-corrected chi connectivity index (χ2v) is 6.94. The number of benzene rings is 3. The van der Waals surface area contributed by atoms with E-state index in [0.717, 1.165) is 16.7 Å². The number of carbonyl (C=O) groups excluding carboxylic acids is 2. The summed E-state index contributed by atoms with van der Waals surface area (Å²) in [6.45, 7) is 1.29. The Morgan fingerprint density at radius 3 is 2.17 bits per heavy atom. The number of rotatable bonds is 9. The van der Waals surface area contributed by atoms with E-state index in [1.54, 1.807) is 6.07 Å². The van der Waals surface area contributed by atoms with Gasteiger partial charge in [0.05, 0.1) is 6.04 Å². The molecule has 0 saturated carbocycles. The third kappa shape index (κ3) is 6.48. The molecule has 0 aliphatic heterocycles. The highest BCUT2D eigenvalue weighted by Crippen LogP contribution is 2.18. The third-order valence-corrected chi connectivity index (χ3v) is 4.62. The molecule has 0 fully saturated rings. The van der Waals surface area contributed by atoms with Gasteiger partial charge in [0.1, 0.15) is 5.75 Å². The van der Waals surface area contributed by atoms with Crippen LogP contribution in [0.15, 0.2) is 84.9 Å². The van der Waals surface area contributed by atoms with Crippen molar-refractivity contribution in [1.82, 2.24) is 5.32 Å². The lowest BCUT2D eigenvalue weighted by atomic mass is 9.99. The number of nitrogens with one attached hydrogen (secondary N) is 1. The van der Waals surface area contributed by atoms with Crippen molar-refractivity contribution < 1.29 is 19.1 Å². The Morgan fingerprint density at radius 2 is 1.47 bits per heavy atom. The van der Waals surface area contributed by atoms with Gasteiger partial charge in [-0.15, -0.1) is 0 Å². The highest BCUT2D eigenvalue weighted by atomic mass is 16.6. The molecule has 5 nitrogen and oxygen atoms in total. The Morgan fingerprint density at radius 1 is 0.833 bits per heavy atom. The van der Waals surface area contributed by atoms with E-state index in [4.69, 9.17) is 9.47 Å². The van der Waals surface area contributed by atoms with Crippen LogP contribution in [0.25, 0.3) is 0 Å². The predicted octanol–water partition coefficient (Wildman–Crippen LogP) is 4.02. The fourth-order valence-electron chi connectivity index (χ4n) is 3.07. The van der Waals surface area contributed by atoms with Crippen molar-refractivity contribution in [3.8, 4) is 5.75 Å². The normalized spacial score (nSPS) is 11.4. The Labute approximate surface area is 176 Å². The maximum atomic E-state index is 12.4. The standard InChI is InChI=1S/C25H25NO4/c1-19-10-8-9-15-23(19)29-18-25(28)30-17-24(27)26-22(21-13-6-3-7-14-21)16-20-11-4-2-5-12-20/h2-15,22H,16-18H2,1H3,(H,26,27)/t22-/m0/s1. The average molecular weight is 403 g/mol. The van der Waals surface area contributed by atoms with Crippen LogP contribution in [-0.4, -0.2) is 25.1 Å². The molecule has 0 heterocycles. The lowest BCUT2D eigenvalue weighted by molar-refractivity contribution is -0.150. The molecular weight excluding hydrogens is 378 g/mol. The van der Waals surface area contributed by atoms with E-state index in [1.165, 1.54) is 0 Å². The van der Waals surface area contributed by atoms with Crippen molar-refractivity contribution >= 4 is 11.9 Å². The Kier molecular flexibility index (Phi) is 7.61. The Balaban J connectivity index is 1.52. The highest BCUT2D eigenvalue weighted by Gasteiger charge is 2.17. The molecule has 3 aromatic carbocycles. The Hall–Kier alpha value is -3.60. The van der Waals surface area contributed by atoms with Crippen LogP contribution in [0.1, 0.15) is 22.7 Å². The SMILES string of the molecule is Cc1ccccc1OCC(=O)OCC(=O)N[C@@H](Cc1ccccc1)c1ccccc1. The number of ether oxygens (including phenoxy) is 2. The van der Waals surface area contributed by atoms with Crippen LogP contribution in [0.3, 0.4) is 0 Å². The number of carbonyl (C=O) groups is 2. The van der Waals surface area contributed by atoms with Gasteiger partial charge in [-0.1, -0.05) is 78.9 Å². The molecule has 5 heteroatoms. The van der Waals surface area contributed by atoms with Crippen LogP contribution in [0.4, 0.5) is 0 Å². The van der Waals surface area contributed by atoms with Crippen molar-refractivity contribution in [3.63, 3.8) is 0 Å². The maximum Gasteiger partial charge on any atom is 0.344 e. The van der Waals surface area contributed by atoms with E-state index in [-0.39, 0.29) is 25.2 Å². The first-order chi connectivity index (χ1) is 14.6. The van der Waals surface area contributed by atoms with Crippen LogP contribution in [0.2, 0.25) is 0 Å². The first-order valence-corrected chi connectivity index (χ1v) is 9.84. The average Bonchev–Trinajstić information content (AvgIpc) is 2.78. The molecule has 1 atom stereocenters. The fourth-order valence-corrected chi connectivity index (χ4v) is 3.07. The maximum absolute atomic E-state index is 12.4. The van der Waals surface area contributed by atoms with Gasteiger partial charge in [0, 0.05) is 0 Å².